The van der Waals surface area contributed by atoms with Crippen molar-refractivity contribution < 1.29 is 23.5 Å². The van der Waals surface area contributed by atoms with Crippen LogP contribution in [0.25, 0.3) is 5.82 Å². The van der Waals surface area contributed by atoms with Crippen molar-refractivity contribution in [3.63, 3.8) is 0 Å². The molecule has 2 aliphatic heterocycles. The number of fused-ring (bicyclic) bond motifs is 1. The van der Waals surface area contributed by atoms with E-state index in [1.165, 1.54) is 29.2 Å². The predicted molar refractivity (Wildman–Crippen MR) is 189 cm³/mol. The summed E-state index contributed by atoms with van der Waals surface area (Å²) in [5.41, 5.74) is 0.273. The number of likely N-dealkylation sites (tertiary alicyclic amines) is 1. The lowest BCUT2D eigenvalue weighted by atomic mass is 10.0. The minimum atomic E-state index is -0.821. The van der Waals surface area contributed by atoms with Crippen molar-refractivity contribution in [2.24, 2.45) is 0 Å². The lowest BCUT2D eigenvalue weighted by molar-refractivity contribution is -0.0183. The van der Waals surface area contributed by atoms with Crippen LogP contribution < -0.4 is 21.3 Å². The quantitative estimate of drug-likeness (QED) is 0.284. The first-order valence-corrected chi connectivity index (χ1v) is 17.5. The van der Waals surface area contributed by atoms with E-state index < -0.39 is 28.6 Å². The zero-order chi connectivity index (χ0) is 36.7. The smallest absolute Gasteiger partial charge is 0.410 e. The summed E-state index contributed by atoms with van der Waals surface area (Å²) in [5, 5.41) is 2.61. The third-order valence-electron chi connectivity index (χ3n) is 9.63. The van der Waals surface area contributed by atoms with Gasteiger partial charge in [-0.05, 0) is 70.7 Å². The molecule has 0 atom stereocenters. The maximum atomic E-state index is 15.5. The SMILES string of the molecule is Cc1ccc(-n2c(=O)c(C(=O)Nc3ccc(Oc4ncnc5c4CCN(C4CN(C(=O)OC(C)(C)C)C4)C5)c(F)c3)cn(C3CCCC3)c2=O)nc1. The third kappa shape index (κ3) is 7.17. The molecule has 3 aliphatic rings. The number of ether oxygens (including phenoxy) is 2. The number of nitrogens with zero attached hydrogens (tertiary/aromatic N) is 7. The topological polar surface area (TPSA) is 154 Å². The second-order valence-electron chi connectivity index (χ2n) is 14.6. The average molecular weight is 713 g/mol. The van der Waals surface area contributed by atoms with E-state index >= 15 is 4.39 Å². The fourth-order valence-corrected chi connectivity index (χ4v) is 6.84. The molecular weight excluding hydrogens is 671 g/mol. The molecule has 0 unspecified atom stereocenters. The molecule has 14 nitrogen and oxygen atoms in total. The number of benzene rings is 1. The standard InChI is InChI=1S/C37H41FN8O6/c1-22-9-12-31(39-16-22)46-34(48)27(19-45(35(46)49)24-7-5-6-8-24)32(47)42-23-10-11-30(28(38)15-23)51-33-26-13-14-43(20-29(26)40-21-41-33)25-17-44(18-25)36(50)52-37(2,3)4/h9-12,15-16,19,21,24-25H,5-8,13-14,17-18,20H2,1-4H3,(H,42,47). The van der Waals surface area contributed by atoms with Crippen LogP contribution in [0.1, 0.15) is 79.7 Å². The summed E-state index contributed by atoms with van der Waals surface area (Å²) < 4.78 is 29.2. The molecule has 0 radical (unpaired) electrons. The van der Waals surface area contributed by atoms with Crippen LogP contribution in [-0.4, -0.2) is 77.2 Å². The van der Waals surface area contributed by atoms with Gasteiger partial charge in [0.1, 0.15) is 23.3 Å². The molecule has 1 aliphatic carbocycles. The van der Waals surface area contributed by atoms with Crippen LogP contribution in [0.5, 0.6) is 11.6 Å². The Morgan fingerprint density at radius 3 is 2.46 bits per heavy atom. The Balaban J connectivity index is 1.05. The van der Waals surface area contributed by atoms with Crippen LogP contribution in [0.4, 0.5) is 14.9 Å². The Bertz CT molecular complexity index is 2130. The van der Waals surface area contributed by atoms with Crippen molar-refractivity contribution in [1.29, 1.82) is 0 Å². The Kier molecular flexibility index (Phi) is 9.38. The summed E-state index contributed by atoms with van der Waals surface area (Å²) in [4.78, 5) is 70.0. The van der Waals surface area contributed by atoms with E-state index in [1.807, 2.05) is 27.7 Å². The third-order valence-corrected chi connectivity index (χ3v) is 9.63. The molecule has 3 aromatic heterocycles. The number of aryl methyl sites for hydroxylation is 1. The first kappa shape index (κ1) is 35.0. The molecular formula is C37H41FN8O6. The van der Waals surface area contributed by atoms with Crippen molar-refractivity contribution in [2.75, 3.05) is 25.0 Å². The number of pyridine rings is 1. The van der Waals surface area contributed by atoms with Gasteiger partial charge in [0.05, 0.1) is 5.69 Å². The maximum Gasteiger partial charge on any atom is 0.410 e. The number of carbonyl (C=O) groups excluding carboxylic acids is 2. The normalized spacial score (nSPS) is 16.7. The number of hydrogen-bond acceptors (Lipinski definition) is 10. The predicted octanol–water partition coefficient (Wildman–Crippen LogP) is 4.77. The van der Waals surface area contributed by atoms with Crippen molar-refractivity contribution >= 4 is 17.7 Å². The Morgan fingerprint density at radius 2 is 1.77 bits per heavy atom. The summed E-state index contributed by atoms with van der Waals surface area (Å²) >= 11 is 0. The summed E-state index contributed by atoms with van der Waals surface area (Å²) in [6, 6.07) is 7.25. The Hall–Kier alpha value is -5.44. The zero-order valence-electron chi connectivity index (χ0n) is 29.6. The van der Waals surface area contributed by atoms with Gasteiger partial charge in [-0.25, -0.2) is 33.5 Å². The lowest BCUT2D eigenvalue weighted by Gasteiger charge is -2.46. The van der Waals surface area contributed by atoms with Gasteiger partial charge in [0, 0.05) is 68.0 Å². The molecule has 15 heteroatoms. The summed E-state index contributed by atoms with van der Waals surface area (Å²) in [6.45, 7) is 9.71. The van der Waals surface area contributed by atoms with Crippen molar-refractivity contribution in [2.45, 2.75) is 84.0 Å². The van der Waals surface area contributed by atoms with E-state index in [4.69, 9.17) is 9.47 Å². The monoisotopic (exact) mass is 712 g/mol. The first-order chi connectivity index (χ1) is 24.8. The van der Waals surface area contributed by atoms with E-state index in [9.17, 15) is 19.2 Å². The van der Waals surface area contributed by atoms with E-state index in [-0.39, 0.29) is 46.9 Å². The molecule has 1 saturated carbocycles. The number of carbonyl (C=O) groups is 2. The molecule has 1 N–H and O–H groups in total. The molecule has 272 valence electrons. The lowest BCUT2D eigenvalue weighted by Crippen LogP contribution is -2.62. The number of halogens is 1. The minimum Gasteiger partial charge on any atom is -0.444 e. The molecule has 4 aromatic rings. The van der Waals surface area contributed by atoms with Gasteiger partial charge in [-0.15, -0.1) is 0 Å². The van der Waals surface area contributed by atoms with Crippen molar-refractivity contribution in [1.82, 2.24) is 33.9 Å². The van der Waals surface area contributed by atoms with E-state index in [2.05, 4.69) is 25.2 Å². The van der Waals surface area contributed by atoms with Crippen molar-refractivity contribution in [3.05, 3.63) is 98.1 Å². The van der Waals surface area contributed by atoms with Crippen LogP contribution in [0.15, 0.2) is 58.6 Å². The first-order valence-electron chi connectivity index (χ1n) is 17.5. The van der Waals surface area contributed by atoms with Crippen LogP contribution in [0.3, 0.4) is 0 Å². The molecule has 52 heavy (non-hydrogen) atoms. The molecule has 1 saturated heterocycles. The Morgan fingerprint density at radius 1 is 1.00 bits per heavy atom. The van der Waals surface area contributed by atoms with Gasteiger partial charge in [-0.1, -0.05) is 18.9 Å². The van der Waals surface area contributed by atoms with Gasteiger partial charge in [0.2, 0.25) is 5.88 Å². The molecule has 2 fully saturated rings. The van der Waals surface area contributed by atoms with Gasteiger partial charge in [-0.2, -0.15) is 0 Å². The van der Waals surface area contributed by atoms with Crippen molar-refractivity contribution in [3.8, 4) is 17.4 Å². The second-order valence-corrected chi connectivity index (χ2v) is 14.6. The fraction of sp³-hybridized carbons (Fsp3) is 0.432. The minimum absolute atomic E-state index is 0.0918. The highest BCUT2D eigenvalue weighted by Crippen LogP contribution is 2.33. The highest BCUT2D eigenvalue weighted by atomic mass is 19.1. The molecule has 5 heterocycles. The van der Waals surface area contributed by atoms with Gasteiger partial charge in [0.15, 0.2) is 11.6 Å². The summed E-state index contributed by atoms with van der Waals surface area (Å²) in [6.07, 6.45) is 7.83. The molecule has 1 aromatic carbocycles. The maximum absolute atomic E-state index is 15.5. The van der Waals surface area contributed by atoms with Gasteiger partial charge < -0.3 is 19.7 Å². The Labute approximate surface area is 299 Å². The van der Waals surface area contributed by atoms with Crippen LogP contribution in [0.2, 0.25) is 0 Å². The van der Waals surface area contributed by atoms with Gasteiger partial charge in [-0.3, -0.25) is 19.1 Å². The number of nitrogens with one attached hydrogen (secondary N) is 1. The largest absolute Gasteiger partial charge is 0.444 e. The van der Waals surface area contributed by atoms with Crippen LogP contribution >= 0.6 is 0 Å². The van der Waals surface area contributed by atoms with Crippen LogP contribution in [0, 0.1) is 12.7 Å². The van der Waals surface area contributed by atoms with Gasteiger partial charge in [0.25, 0.3) is 11.5 Å². The van der Waals surface area contributed by atoms with Crippen LogP contribution in [-0.2, 0) is 17.7 Å². The summed E-state index contributed by atoms with van der Waals surface area (Å²) in [5.74, 6) is -1.29. The molecule has 0 spiro atoms. The molecule has 2 amide bonds. The second kappa shape index (κ2) is 13.9. The molecule has 0 bridgehead atoms. The summed E-state index contributed by atoms with van der Waals surface area (Å²) in [7, 11) is 0. The average Bonchev–Trinajstić information content (AvgIpc) is 3.60. The number of aromatic nitrogens is 5. The van der Waals surface area contributed by atoms with Gasteiger partial charge >= 0.3 is 11.8 Å². The number of anilines is 1. The fourth-order valence-electron chi connectivity index (χ4n) is 6.84. The molecule has 7 rings (SSSR count). The number of amides is 2. The van der Waals surface area contributed by atoms with E-state index in [0.29, 0.717) is 32.6 Å². The number of hydrogen-bond donors (Lipinski definition) is 1. The van der Waals surface area contributed by atoms with E-state index in [1.54, 1.807) is 23.2 Å². The highest BCUT2D eigenvalue weighted by molar-refractivity contribution is 6.03. The number of rotatable bonds is 7. The highest BCUT2D eigenvalue weighted by Gasteiger charge is 2.39. The zero-order valence-corrected chi connectivity index (χ0v) is 29.6. The van der Waals surface area contributed by atoms with E-state index in [0.717, 1.165) is 53.1 Å².